The molecule has 0 spiro atoms. The zero-order chi connectivity index (χ0) is 19.4. The molecule has 0 fully saturated rings. The quantitative estimate of drug-likeness (QED) is 0.621. The Morgan fingerprint density at radius 3 is 2.30 bits per heavy atom. The summed E-state index contributed by atoms with van der Waals surface area (Å²) in [6.45, 7) is 9.49. The second-order valence-electron chi connectivity index (χ2n) is 7.99. The Balaban J connectivity index is 1.91. The van der Waals surface area contributed by atoms with Gasteiger partial charge in [-0.25, -0.2) is 0 Å². The van der Waals surface area contributed by atoms with Crippen LogP contribution in [0.5, 0.6) is 5.75 Å². The first-order valence-electron chi connectivity index (χ1n) is 9.32. The highest BCUT2D eigenvalue weighted by Gasteiger charge is 2.13. The smallest absolute Gasteiger partial charge is 0.123 e. The molecule has 0 aromatic heterocycles. The molecule has 3 aromatic rings. The molecule has 3 aromatic carbocycles. The summed E-state index contributed by atoms with van der Waals surface area (Å²) in [6, 6.07) is 22.8. The molecule has 0 aliphatic rings. The van der Waals surface area contributed by atoms with Crippen molar-refractivity contribution in [2.24, 2.45) is 0 Å². The van der Waals surface area contributed by atoms with Crippen molar-refractivity contribution in [2.75, 3.05) is 0 Å². The van der Waals surface area contributed by atoms with Gasteiger partial charge in [0, 0.05) is 17.4 Å². The molecule has 0 aliphatic carbocycles. The van der Waals surface area contributed by atoms with Gasteiger partial charge in [0.2, 0.25) is 0 Å². The standard InChI is InChI=1S/C24H28NOP/c1-17-10-13-22(20(14-17)16-25-24(2,3)4)27-23-15-19(11-12-21(23)26)18-8-6-5-7-9-18/h5-15,25-27H,16H2,1-4H3. The van der Waals surface area contributed by atoms with Gasteiger partial charge < -0.3 is 10.4 Å². The first-order valence-corrected chi connectivity index (χ1v) is 10.3. The molecule has 140 valence electrons. The van der Waals surface area contributed by atoms with E-state index in [1.54, 1.807) is 0 Å². The summed E-state index contributed by atoms with van der Waals surface area (Å²) in [6.07, 6.45) is 0. The Kier molecular flexibility index (Phi) is 5.99. The Hall–Kier alpha value is -2.15. The van der Waals surface area contributed by atoms with Gasteiger partial charge >= 0.3 is 0 Å². The van der Waals surface area contributed by atoms with Gasteiger partial charge in [0.05, 0.1) is 0 Å². The predicted octanol–water partition coefficient (Wildman–Crippen LogP) is 4.89. The van der Waals surface area contributed by atoms with E-state index in [-0.39, 0.29) is 5.54 Å². The topological polar surface area (TPSA) is 32.3 Å². The van der Waals surface area contributed by atoms with E-state index in [1.807, 2.05) is 30.3 Å². The number of aryl methyl sites for hydroxylation is 1. The highest BCUT2D eigenvalue weighted by molar-refractivity contribution is 7.55. The molecular weight excluding hydrogens is 349 g/mol. The Morgan fingerprint density at radius 2 is 1.59 bits per heavy atom. The monoisotopic (exact) mass is 377 g/mol. The highest BCUT2D eigenvalue weighted by atomic mass is 31.1. The van der Waals surface area contributed by atoms with Crippen LogP contribution in [0.25, 0.3) is 11.1 Å². The fourth-order valence-corrected chi connectivity index (χ4v) is 4.16. The summed E-state index contributed by atoms with van der Waals surface area (Å²) in [5.74, 6) is 0.364. The molecule has 0 saturated carbocycles. The van der Waals surface area contributed by atoms with Crippen LogP contribution in [0.3, 0.4) is 0 Å². The molecule has 1 atom stereocenters. The number of hydrogen-bond acceptors (Lipinski definition) is 2. The van der Waals surface area contributed by atoms with Crippen LogP contribution in [0.2, 0.25) is 0 Å². The molecule has 3 heteroatoms. The van der Waals surface area contributed by atoms with Crippen LogP contribution in [0.15, 0.2) is 66.7 Å². The minimum absolute atomic E-state index is 0.0689. The molecule has 1 unspecified atom stereocenters. The van der Waals surface area contributed by atoms with Crippen LogP contribution < -0.4 is 15.9 Å². The lowest BCUT2D eigenvalue weighted by atomic mass is 10.1. The van der Waals surface area contributed by atoms with Gasteiger partial charge in [-0.1, -0.05) is 68.7 Å². The first-order chi connectivity index (χ1) is 12.8. The van der Waals surface area contributed by atoms with Crippen molar-refractivity contribution in [1.82, 2.24) is 5.32 Å². The third-order valence-electron chi connectivity index (χ3n) is 4.44. The Labute approximate surface area is 164 Å². The maximum atomic E-state index is 10.4. The van der Waals surface area contributed by atoms with Crippen molar-refractivity contribution in [1.29, 1.82) is 0 Å². The zero-order valence-electron chi connectivity index (χ0n) is 16.5. The first kappa shape index (κ1) is 19.6. The molecule has 0 heterocycles. The largest absolute Gasteiger partial charge is 0.507 e. The van der Waals surface area contributed by atoms with E-state index in [1.165, 1.54) is 22.0 Å². The fourth-order valence-electron chi connectivity index (χ4n) is 2.94. The molecule has 3 rings (SSSR count). The lowest BCUT2D eigenvalue weighted by molar-refractivity contribution is 0.425. The molecular formula is C24H28NOP. The van der Waals surface area contributed by atoms with Crippen molar-refractivity contribution in [3.8, 4) is 16.9 Å². The SMILES string of the molecule is Cc1ccc(Pc2cc(-c3ccccc3)ccc2O)c(CNC(C)(C)C)c1. The van der Waals surface area contributed by atoms with Crippen LogP contribution in [-0.2, 0) is 6.54 Å². The minimum atomic E-state index is 0.0689. The second-order valence-corrected chi connectivity index (χ2v) is 9.31. The predicted molar refractivity (Wildman–Crippen MR) is 119 cm³/mol. The van der Waals surface area contributed by atoms with Gasteiger partial charge in [0.25, 0.3) is 0 Å². The number of hydrogen-bond donors (Lipinski definition) is 2. The van der Waals surface area contributed by atoms with E-state index < -0.39 is 0 Å². The lowest BCUT2D eigenvalue weighted by Gasteiger charge is -2.22. The molecule has 0 radical (unpaired) electrons. The number of phenols is 1. The molecule has 27 heavy (non-hydrogen) atoms. The normalized spacial score (nSPS) is 12.0. The molecule has 2 N–H and O–H groups in total. The van der Waals surface area contributed by atoms with Crippen molar-refractivity contribution in [3.63, 3.8) is 0 Å². The Morgan fingerprint density at radius 1 is 0.852 bits per heavy atom. The molecule has 0 bridgehead atoms. The summed E-state index contributed by atoms with van der Waals surface area (Å²) >= 11 is 0. The second kappa shape index (κ2) is 8.25. The van der Waals surface area contributed by atoms with Crippen molar-refractivity contribution < 1.29 is 5.11 Å². The molecule has 0 amide bonds. The average molecular weight is 377 g/mol. The number of benzene rings is 3. The van der Waals surface area contributed by atoms with Gasteiger partial charge in [-0.2, -0.15) is 0 Å². The number of rotatable bonds is 5. The van der Waals surface area contributed by atoms with E-state index in [4.69, 9.17) is 0 Å². The average Bonchev–Trinajstić information content (AvgIpc) is 2.63. The summed E-state index contributed by atoms with van der Waals surface area (Å²) < 4.78 is 0. The van der Waals surface area contributed by atoms with E-state index in [0.717, 1.165) is 17.4 Å². The van der Waals surface area contributed by atoms with Gasteiger partial charge in [-0.15, -0.1) is 0 Å². The van der Waals surface area contributed by atoms with E-state index >= 15 is 0 Å². The van der Waals surface area contributed by atoms with E-state index in [0.29, 0.717) is 14.3 Å². The van der Waals surface area contributed by atoms with E-state index in [2.05, 4.69) is 69.4 Å². The number of aromatic hydroxyl groups is 1. The van der Waals surface area contributed by atoms with Crippen LogP contribution in [0.1, 0.15) is 31.9 Å². The summed E-state index contributed by atoms with van der Waals surface area (Å²) in [5.41, 5.74) is 4.93. The van der Waals surface area contributed by atoms with Crippen molar-refractivity contribution >= 4 is 19.2 Å². The maximum absolute atomic E-state index is 10.4. The summed E-state index contributed by atoms with van der Waals surface area (Å²) in [4.78, 5) is 0. The van der Waals surface area contributed by atoms with Crippen molar-refractivity contribution in [2.45, 2.75) is 39.8 Å². The maximum Gasteiger partial charge on any atom is 0.123 e. The fraction of sp³-hybridized carbons (Fsp3) is 0.250. The third kappa shape index (κ3) is 5.42. The van der Waals surface area contributed by atoms with Crippen LogP contribution in [0, 0.1) is 6.92 Å². The minimum Gasteiger partial charge on any atom is -0.507 e. The third-order valence-corrected chi connectivity index (χ3v) is 5.87. The number of phenolic OH excluding ortho intramolecular Hbond substituents is 1. The lowest BCUT2D eigenvalue weighted by Crippen LogP contribution is -2.36. The van der Waals surface area contributed by atoms with Crippen LogP contribution >= 0.6 is 8.58 Å². The zero-order valence-corrected chi connectivity index (χ0v) is 17.5. The molecule has 0 saturated heterocycles. The summed E-state index contributed by atoms with van der Waals surface area (Å²) in [7, 11) is 0.415. The van der Waals surface area contributed by atoms with Gasteiger partial charge in [-0.05, 0) is 61.8 Å². The van der Waals surface area contributed by atoms with E-state index in [9.17, 15) is 5.11 Å². The van der Waals surface area contributed by atoms with Gasteiger partial charge in [0.15, 0.2) is 0 Å². The highest BCUT2D eigenvalue weighted by Crippen LogP contribution is 2.26. The number of nitrogens with one attached hydrogen (secondary N) is 1. The van der Waals surface area contributed by atoms with Gasteiger partial charge in [0.1, 0.15) is 5.75 Å². The van der Waals surface area contributed by atoms with Gasteiger partial charge in [-0.3, -0.25) is 0 Å². The molecule has 2 nitrogen and oxygen atoms in total. The van der Waals surface area contributed by atoms with Crippen molar-refractivity contribution in [3.05, 3.63) is 77.9 Å². The Bertz CT molecular complexity index is 913. The van der Waals surface area contributed by atoms with Crippen LogP contribution in [0.4, 0.5) is 0 Å². The summed E-state index contributed by atoms with van der Waals surface area (Å²) in [5, 5.41) is 16.3. The van der Waals surface area contributed by atoms with Crippen LogP contribution in [-0.4, -0.2) is 10.6 Å². The molecule has 0 aliphatic heterocycles.